The molecule has 0 bridgehead atoms. The van der Waals surface area contributed by atoms with Crippen molar-refractivity contribution < 1.29 is 18.3 Å². The summed E-state index contributed by atoms with van der Waals surface area (Å²) in [5.74, 6) is -2.77. The van der Waals surface area contributed by atoms with Gasteiger partial charge in [-0.05, 0) is 13.3 Å². The first kappa shape index (κ1) is 12.6. The van der Waals surface area contributed by atoms with Gasteiger partial charge in [0, 0.05) is 5.75 Å². The summed E-state index contributed by atoms with van der Waals surface area (Å²) in [5, 5.41) is 0. The van der Waals surface area contributed by atoms with Crippen molar-refractivity contribution in [3.05, 3.63) is 0 Å². The third kappa shape index (κ3) is 6.77. The zero-order chi connectivity index (χ0) is 10.3. The maximum atomic E-state index is 11.6. The lowest BCUT2D eigenvalue weighted by molar-refractivity contribution is -0.144. The van der Waals surface area contributed by atoms with Crippen molar-refractivity contribution in [1.82, 2.24) is 0 Å². The molecular weight excluding hydrogens is 200 g/mol. The van der Waals surface area contributed by atoms with Crippen LogP contribution in [0.3, 0.4) is 0 Å². The maximum absolute atomic E-state index is 11.6. The highest BCUT2D eigenvalue weighted by Crippen LogP contribution is 2.14. The van der Waals surface area contributed by atoms with Gasteiger partial charge in [0.05, 0.1) is 6.61 Å². The molecule has 0 saturated heterocycles. The third-order valence-electron chi connectivity index (χ3n) is 1.26. The molecule has 0 aliphatic carbocycles. The molecule has 2 N–H and O–H groups in total. The van der Waals surface area contributed by atoms with Crippen molar-refractivity contribution in [1.29, 1.82) is 0 Å². The predicted molar refractivity (Wildman–Crippen MR) is 47.7 cm³/mol. The van der Waals surface area contributed by atoms with Crippen molar-refractivity contribution >= 4 is 17.7 Å². The van der Waals surface area contributed by atoms with Crippen molar-refractivity contribution in [3.8, 4) is 0 Å². The Morgan fingerprint density at radius 3 is 2.69 bits per heavy atom. The molecule has 0 radical (unpaired) electrons. The summed E-state index contributed by atoms with van der Waals surface area (Å²) < 4.78 is 27.9. The fourth-order valence-electron chi connectivity index (χ4n) is 0.651. The average molecular weight is 213 g/mol. The van der Waals surface area contributed by atoms with Gasteiger partial charge in [-0.15, -0.1) is 0 Å². The van der Waals surface area contributed by atoms with Crippen LogP contribution in [0.5, 0.6) is 0 Å². The largest absolute Gasteiger partial charge is 0.465 e. The molecule has 0 aromatic carbocycles. The normalized spacial score (nSPS) is 13.0. The van der Waals surface area contributed by atoms with Crippen LogP contribution in [0.4, 0.5) is 8.78 Å². The van der Waals surface area contributed by atoms with Gasteiger partial charge in [-0.25, -0.2) is 0 Å². The number of esters is 1. The maximum Gasteiger partial charge on any atom is 0.322 e. The molecular formula is C7H13F2NO2S. The highest BCUT2D eigenvalue weighted by atomic mass is 32.2. The number of carbonyl (C=O) groups excluding carboxylic acids is 1. The van der Waals surface area contributed by atoms with E-state index in [2.05, 4.69) is 4.74 Å². The molecule has 78 valence electrons. The summed E-state index contributed by atoms with van der Waals surface area (Å²) in [6.45, 7) is 1.92. The molecule has 0 heterocycles. The molecule has 0 rings (SSSR count). The van der Waals surface area contributed by atoms with E-state index in [1.54, 1.807) is 6.92 Å². The second-order valence-corrected chi connectivity index (χ2v) is 3.38. The number of nitrogens with two attached hydrogens (primary N) is 1. The van der Waals surface area contributed by atoms with Gasteiger partial charge in [0.1, 0.15) is 6.04 Å². The minimum absolute atomic E-state index is 0.164. The molecule has 0 aliphatic heterocycles. The molecule has 3 nitrogen and oxygen atoms in total. The predicted octanol–water partition coefficient (Wildman–Crippen LogP) is 1.22. The van der Waals surface area contributed by atoms with E-state index in [0.29, 0.717) is 11.8 Å². The average Bonchev–Trinajstić information content (AvgIpc) is 2.04. The van der Waals surface area contributed by atoms with Gasteiger partial charge in [0.15, 0.2) is 0 Å². The van der Waals surface area contributed by atoms with E-state index < -0.39 is 17.8 Å². The van der Waals surface area contributed by atoms with E-state index in [1.165, 1.54) is 0 Å². The second kappa shape index (κ2) is 7.08. The Balaban J connectivity index is 3.49. The van der Waals surface area contributed by atoms with Gasteiger partial charge in [0.2, 0.25) is 0 Å². The SMILES string of the molecule is CCOC(=O)[C@@H](N)CCSC(F)F. The third-order valence-corrected chi connectivity index (χ3v) is 1.99. The van der Waals surface area contributed by atoms with Crippen LogP contribution < -0.4 is 5.73 Å². The van der Waals surface area contributed by atoms with E-state index >= 15 is 0 Å². The van der Waals surface area contributed by atoms with Gasteiger partial charge in [-0.3, -0.25) is 4.79 Å². The van der Waals surface area contributed by atoms with E-state index in [0.717, 1.165) is 0 Å². The minimum atomic E-state index is -2.41. The molecule has 0 aliphatic rings. The molecule has 6 heteroatoms. The second-order valence-electron chi connectivity index (χ2n) is 2.28. The molecule has 0 spiro atoms. The Bertz CT molecular complexity index is 157. The van der Waals surface area contributed by atoms with Crippen molar-refractivity contribution in [2.45, 2.75) is 25.1 Å². The van der Waals surface area contributed by atoms with Gasteiger partial charge < -0.3 is 10.5 Å². The molecule has 0 fully saturated rings. The van der Waals surface area contributed by atoms with Gasteiger partial charge in [0.25, 0.3) is 5.76 Å². The van der Waals surface area contributed by atoms with Crippen LogP contribution in [0, 0.1) is 0 Å². The summed E-state index contributed by atoms with van der Waals surface area (Å²) >= 11 is 0.474. The highest BCUT2D eigenvalue weighted by molar-refractivity contribution is 7.99. The number of hydrogen-bond donors (Lipinski definition) is 1. The van der Waals surface area contributed by atoms with Crippen LogP contribution in [-0.2, 0) is 9.53 Å². The molecule has 1 atom stereocenters. The van der Waals surface area contributed by atoms with Crippen LogP contribution in [0.25, 0.3) is 0 Å². The lowest BCUT2D eigenvalue weighted by Crippen LogP contribution is -2.32. The number of alkyl halides is 2. The van der Waals surface area contributed by atoms with Crippen LogP contribution in [0.15, 0.2) is 0 Å². The van der Waals surface area contributed by atoms with Gasteiger partial charge in [-0.1, -0.05) is 11.8 Å². The van der Waals surface area contributed by atoms with Crippen LogP contribution >= 0.6 is 11.8 Å². The van der Waals surface area contributed by atoms with Crippen molar-refractivity contribution in [2.75, 3.05) is 12.4 Å². The number of hydrogen-bond acceptors (Lipinski definition) is 4. The molecule has 0 aromatic heterocycles. The fourth-order valence-corrected chi connectivity index (χ4v) is 1.22. The van der Waals surface area contributed by atoms with Crippen molar-refractivity contribution in [3.63, 3.8) is 0 Å². The van der Waals surface area contributed by atoms with Crippen LogP contribution in [-0.4, -0.2) is 30.1 Å². The number of rotatable bonds is 6. The number of ether oxygens (including phenoxy) is 1. The summed E-state index contributed by atoms with van der Waals surface area (Å²) in [4.78, 5) is 10.9. The molecule has 13 heavy (non-hydrogen) atoms. The van der Waals surface area contributed by atoms with E-state index in [4.69, 9.17) is 5.73 Å². The monoisotopic (exact) mass is 213 g/mol. The Morgan fingerprint density at radius 1 is 1.62 bits per heavy atom. The Labute approximate surface area is 80.0 Å². The van der Waals surface area contributed by atoms with Crippen molar-refractivity contribution in [2.24, 2.45) is 5.73 Å². The first-order chi connectivity index (χ1) is 6.07. The Morgan fingerprint density at radius 2 is 2.23 bits per heavy atom. The van der Waals surface area contributed by atoms with E-state index in [-0.39, 0.29) is 18.8 Å². The Kier molecular flexibility index (Phi) is 6.89. The first-order valence-corrected chi connectivity index (χ1v) is 4.94. The summed E-state index contributed by atoms with van der Waals surface area (Å²) in [6, 6.07) is -0.786. The number of carbonyl (C=O) groups is 1. The van der Waals surface area contributed by atoms with E-state index in [9.17, 15) is 13.6 Å². The van der Waals surface area contributed by atoms with Gasteiger partial charge in [-0.2, -0.15) is 8.78 Å². The zero-order valence-electron chi connectivity index (χ0n) is 7.33. The Hall–Kier alpha value is -0.360. The summed E-state index contributed by atoms with van der Waals surface area (Å²) in [6.07, 6.45) is 0.216. The minimum Gasteiger partial charge on any atom is -0.465 e. The van der Waals surface area contributed by atoms with Crippen LogP contribution in [0.2, 0.25) is 0 Å². The quantitative estimate of drug-likeness (QED) is 0.674. The zero-order valence-corrected chi connectivity index (χ0v) is 8.15. The lowest BCUT2D eigenvalue weighted by atomic mass is 10.2. The standard InChI is InChI=1S/C7H13F2NO2S/c1-2-12-6(11)5(10)3-4-13-7(8)9/h5,7H,2-4,10H2,1H3/t5-/m0/s1. The first-order valence-electron chi connectivity index (χ1n) is 3.90. The number of thioether (sulfide) groups is 1. The number of halogens is 2. The highest BCUT2D eigenvalue weighted by Gasteiger charge is 2.14. The van der Waals surface area contributed by atoms with E-state index in [1.807, 2.05) is 0 Å². The summed E-state index contributed by atoms with van der Waals surface area (Å²) in [7, 11) is 0. The molecule has 0 amide bonds. The van der Waals surface area contributed by atoms with Gasteiger partial charge >= 0.3 is 5.97 Å². The topological polar surface area (TPSA) is 52.3 Å². The molecule has 0 aromatic rings. The lowest BCUT2D eigenvalue weighted by Gasteiger charge is -2.09. The fraction of sp³-hybridized carbons (Fsp3) is 0.857. The molecule has 0 unspecified atom stereocenters. The smallest absolute Gasteiger partial charge is 0.322 e. The summed E-state index contributed by atoms with van der Waals surface area (Å²) in [5.41, 5.74) is 5.36. The van der Waals surface area contributed by atoms with Crippen LogP contribution in [0.1, 0.15) is 13.3 Å². The molecule has 0 saturated carbocycles.